The Labute approximate surface area is 564 Å². The van der Waals surface area contributed by atoms with E-state index >= 15 is 0 Å². The van der Waals surface area contributed by atoms with E-state index in [2.05, 4.69) is 191 Å². The van der Waals surface area contributed by atoms with Gasteiger partial charge in [0.15, 0.2) is 0 Å². The van der Waals surface area contributed by atoms with Crippen molar-refractivity contribution in [2.45, 2.75) is 259 Å². The summed E-state index contributed by atoms with van der Waals surface area (Å²) in [5.41, 5.74) is 13.6. The summed E-state index contributed by atoms with van der Waals surface area (Å²) in [6.07, 6.45) is 49.0. The molecule has 1 heterocycles. The molecule has 7 rings (SSSR count). The van der Waals surface area contributed by atoms with Crippen molar-refractivity contribution in [3.05, 3.63) is 175 Å². The Morgan fingerprint density at radius 2 is 0.505 bits per heavy atom. The van der Waals surface area contributed by atoms with Gasteiger partial charge in [-0.3, -0.25) is 9.98 Å². The second-order valence-corrected chi connectivity index (χ2v) is 25.7. The summed E-state index contributed by atoms with van der Waals surface area (Å²) in [6, 6.07) is 57.5. The van der Waals surface area contributed by atoms with E-state index in [4.69, 9.17) is 24.4 Å². The minimum absolute atomic E-state index is 0. The molecule has 0 saturated heterocycles. The normalized spacial score (nSPS) is 11.7. The third-order valence-electron chi connectivity index (χ3n) is 18.1. The van der Waals surface area contributed by atoms with Crippen LogP contribution >= 0.6 is 0 Å². The van der Waals surface area contributed by atoms with Gasteiger partial charge in [-0.2, -0.15) is 0 Å². The molecule has 0 N–H and O–H groups in total. The van der Waals surface area contributed by atoms with Gasteiger partial charge in [0.1, 0.15) is 11.5 Å². The quantitative estimate of drug-likeness (QED) is 0.0282. The topological polar surface area (TPSA) is 56.1 Å². The van der Waals surface area contributed by atoms with Crippen LogP contribution in [0.3, 0.4) is 0 Å². The number of unbranched alkanes of at least 4 members (excludes halogenated alkanes) is 34. The number of benzene rings is 6. The molecule has 6 aromatic carbocycles. The molecule has 6 heteroatoms. The van der Waals surface area contributed by atoms with Crippen LogP contribution in [0.5, 0.6) is 11.5 Å². The minimum atomic E-state index is 0. The van der Waals surface area contributed by atoms with Gasteiger partial charge < -0.3 is 9.47 Å². The van der Waals surface area contributed by atoms with Gasteiger partial charge in [0, 0.05) is 39.6 Å². The summed E-state index contributed by atoms with van der Waals surface area (Å²) in [7, 11) is 0. The SMILES string of the molecule is CCCCCCCCCCCCCCCCCCCCOc1c(-c2ccccc2)cc(N=C(C)c2cccc(C(C)=Nc3cc(-c4ccccc4)c(OCCCCCCCCCCCCCCCCCCCC)c(-c4ccccc4)c3)n2)cc1-c1ccccc1.[Cr]. The predicted molar refractivity (Wildman–Crippen MR) is 391 cm³/mol. The van der Waals surface area contributed by atoms with Crippen LogP contribution in [-0.2, 0) is 17.4 Å². The summed E-state index contributed by atoms with van der Waals surface area (Å²) in [6.45, 7) is 10.1. The Hall–Kier alpha value is -6.06. The number of nitrogens with zero attached hydrogens (tertiary/aromatic N) is 3. The molecule has 0 fully saturated rings. The number of hydrogen-bond acceptors (Lipinski definition) is 5. The van der Waals surface area contributed by atoms with Gasteiger partial charge in [0.25, 0.3) is 0 Å². The minimum Gasteiger partial charge on any atom is -0.492 e. The predicted octanol–water partition coefficient (Wildman–Crippen LogP) is 26.9. The Bertz CT molecular complexity index is 2740. The first-order chi connectivity index (χ1) is 44.5. The number of ether oxygens (including phenoxy) is 2. The smallest absolute Gasteiger partial charge is 0.135 e. The van der Waals surface area contributed by atoms with Crippen LogP contribution < -0.4 is 9.47 Å². The zero-order chi connectivity index (χ0) is 62.7. The second-order valence-electron chi connectivity index (χ2n) is 25.7. The first-order valence-corrected chi connectivity index (χ1v) is 36.4. The van der Waals surface area contributed by atoms with Crippen molar-refractivity contribution in [1.82, 2.24) is 4.98 Å². The van der Waals surface area contributed by atoms with E-state index in [1.165, 1.54) is 218 Å². The second kappa shape index (κ2) is 46.1. The summed E-state index contributed by atoms with van der Waals surface area (Å²) in [4.78, 5) is 15.9. The van der Waals surface area contributed by atoms with Crippen LogP contribution in [0.4, 0.5) is 11.4 Å². The van der Waals surface area contributed by atoms with E-state index in [9.17, 15) is 0 Å². The third kappa shape index (κ3) is 28.0. The zero-order valence-corrected chi connectivity index (χ0v) is 58.3. The largest absolute Gasteiger partial charge is 0.492 e. The monoisotopic (exact) mass is 1260 g/mol. The van der Waals surface area contributed by atoms with E-state index in [1.54, 1.807) is 0 Å². The molecule has 488 valence electrons. The van der Waals surface area contributed by atoms with Gasteiger partial charge >= 0.3 is 0 Å². The van der Waals surface area contributed by atoms with Gasteiger partial charge in [-0.05, 0) is 85.3 Å². The van der Waals surface area contributed by atoms with Crippen molar-refractivity contribution in [3.63, 3.8) is 0 Å². The molecule has 0 amide bonds. The van der Waals surface area contributed by atoms with Crippen LogP contribution in [0.15, 0.2) is 174 Å². The Balaban J connectivity index is 0.0000132. The molecule has 0 aliphatic heterocycles. The molecule has 0 saturated carbocycles. The number of rotatable bonds is 48. The first-order valence-electron chi connectivity index (χ1n) is 36.4. The molecule has 0 unspecified atom stereocenters. The number of pyridine rings is 1. The summed E-state index contributed by atoms with van der Waals surface area (Å²) in [5, 5.41) is 0. The molecule has 0 spiro atoms. The fourth-order valence-corrected chi connectivity index (χ4v) is 12.7. The fourth-order valence-electron chi connectivity index (χ4n) is 12.7. The van der Waals surface area contributed by atoms with E-state index in [0.717, 1.165) is 103 Å². The van der Waals surface area contributed by atoms with Crippen LogP contribution in [0, 0.1) is 0 Å². The standard InChI is InChI=1S/C85H115N3O2.Cr/c1-5-7-9-11-13-15-17-19-21-23-25-27-29-31-33-35-37-51-64-89-84-78(72-54-43-39-44-55-72)66-76(67-79(84)73-56-45-40-46-57-73)86-70(3)82-62-53-63-83(88-82)71(4)87-77-68-80(74-58-47-41-48-59-74)85(81(69-77)75-60-49-42-50-61-75)90-65-52-38-36-34-32-30-28-26-24-22-20-18-16-14-12-10-8-6-2;/h39-50,53-63,66-69H,5-38,51-52,64-65H2,1-4H3;. The van der Waals surface area contributed by atoms with Crippen molar-refractivity contribution in [2.75, 3.05) is 13.2 Å². The van der Waals surface area contributed by atoms with Crippen molar-refractivity contribution in [3.8, 4) is 56.0 Å². The van der Waals surface area contributed by atoms with Crippen molar-refractivity contribution < 1.29 is 26.8 Å². The van der Waals surface area contributed by atoms with Gasteiger partial charge in [0.05, 0.1) is 47.4 Å². The first kappa shape index (κ1) is 74.0. The van der Waals surface area contributed by atoms with Crippen LogP contribution in [-0.4, -0.2) is 29.6 Å². The molecule has 1 aromatic heterocycles. The molecule has 91 heavy (non-hydrogen) atoms. The molecule has 0 atom stereocenters. The summed E-state index contributed by atoms with van der Waals surface area (Å²) >= 11 is 0. The van der Waals surface area contributed by atoms with Crippen LogP contribution in [0.1, 0.15) is 270 Å². The average molecular weight is 1260 g/mol. The maximum Gasteiger partial charge on any atom is 0.135 e. The van der Waals surface area contributed by atoms with E-state index in [0.29, 0.717) is 13.2 Å². The molecular weight excluding hydrogens is 1150 g/mol. The zero-order valence-electron chi connectivity index (χ0n) is 57.0. The number of aliphatic imine (C=N–C) groups is 2. The van der Waals surface area contributed by atoms with Gasteiger partial charge in [-0.25, -0.2) is 4.98 Å². The van der Waals surface area contributed by atoms with Crippen molar-refractivity contribution in [1.29, 1.82) is 0 Å². The molecule has 0 bridgehead atoms. The summed E-state index contributed by atoms with van der Waals surface area (Å²) in [5.74, 6) is 1.82. The Kier molecular flexibility index (Phi) is 37.5. The van der Waals surface area contributed by atoms with Crippen LogP contribution in [0.25, 0.3) is 44.5 Å². The van der Waals surface area contributed by atoms with Crippen molar-refractivity contribution >= 4 is 22.8 Å². The van der Waals surface area contributed by atoms with Gasteiger partial charge in [-0.1, -0.05) is 360 Å². The number of hydrogen-bond donors (Lipinski definition) is 0. The maximum atomic E-state index is 6.89. The van der Waals surface area contributed by atoms with Crippen LogP contribution in [0.2, 0.25) is 0 Å². The molecule has 0 radical (unpaired) electrons. The van der Waals surface area contributed by atoms with Crippen molar-refractivity contribution in [2.24, 2.45) is 9.98 Å². The maximum absolute atomic E-state index is 6.89. The molecule has 0 aliphatic rings. The Morgan fingerprint density at radius 3 is 0.736 bits per heavy atom. The van der Waals surface area contributed by atoms with E-state index < -0.39 is 0 Å². The van der Waals surface area contributed by atoms with E-state index in [1.807, 2.05) is 0 Å². The Morgan fingerprint density at radius 1 is 0.286 bits per heavy atom. The van der Waals surface area contributed by atoms with Gasteiger partial charge in [-0.15, -0.1) is 0 Å². The molecular formula is C85H115CrN3O2. The number of aromatic nitrogens is 1. The molecule has 0 aliphatic carbocycles. The van der Waals surface area contributed by atoms with Gasteiger partial charge in [0.2, 0.25) is 0 Å². The molecule has 5 nitrogen and oxygen atoms in total. The third-order valence-corrected chi connectivity index (χ3v) is 18.1. The molecule has 7 aromatic rings. The average Bonchev–Trinajstić information content (AvgIpc) is 0.963. The van der Waals surface area contributed by atoms with E-state index in [-0.39, 0.29) is 17.4 Å². The fraction of sp³-hybridized carbons (Fsp3) is 0.494. The summed E-state index contributed by atoms with van der Waals surface area (Å²) < 4.78 is 13.8.